The van der Waals surface area contributed by atoms with Gasteiger partial charge in [0.15, 0.2) is 5.11 Å². The van der Waals surface area contributed by atoms with Crippen LogP contribution in [0.25, 0.3) is 0 Å². The van der Waals surface area contributed by atoms with E-state index in [0.29, 0.717) is 29.8 Å². The Bertz CT molecular complexity index is 820. The minimum Gasteiger partial charge on any atom is -0.380 e. The molecule has 1 aliphatic carbocycles. The first-order valence-corrected chi connectivity index (χ1v) is 11.6. The van der Waals surface area contributed by atoms with Crippen LogP contribution in [0.2, 0.25) is 0 Å². The molecule has 0 saturated heterocycles. The number of nitrogens with one attached hydrogen (secondary N) is 2. The van der Waals surface area contributed by atoms with E-state index in [1.807, 2.05) is 20.8 Å². The lowest BCUT2D eigenvalue weighted by Crippen LogP contribution is -2.68. The first kappa shape index (κ1) is 23.1. The second-order valence-corrected chi connectivity index (χ2v) is 10.3. The fourth-order valence-corrected chi connectivity index (χ4v) is 6.05. The van der Waals surface area contributed by atoms with E-state index in [1.165, 1.54) is 4.31 Å². The lowest BCUT2D eigenvalue weighted by Gasteiger charge is -2.56. The van der Waals surface area contributed by atoms with Crippen LogP contribution < -0.4 is 10.6 Å². The van der Waals surface area contributed by atoms with Gasteiger partial charge in [0.05, 0.1) is 11.0 Å². The van der Waals surface area contributed by atoms with Crippen LogP contribution in [0.4, 0.5) is 5.69 Å². The van der Waals surface area contributed by atoms with Crippen LogP contribution in [-0.4, -0.2) is 50.2 Å². The normalized spacial score (nSPS) is 23.9. The molecule has 3 unspecified atom stereocenters. The SMILES string of the molecule is CCN(CC)S(=O)(=O)c1ccc(C)c(NC(=S)NC2C(C)C(OC)C2(C)C)c1. The van der Waals surface area contributed by atoms with E-state index >= 15 is 0 Å². The highest BCUT2D eigenvalue weighted by molar-refractivity contribution is 7.89. The molecular formula is C20H33N3O3S2. The summed E-state index contributed by atoms with van der Waals surface area (Å²) < 4.78 is 32.7. The molecule has 0 spiro atoms. The van der Waals surface area contributed by atoms with Crippen molar-refractivity contribution in [3.05, 3.63) is 23.8 Å². The van der Waals surface area contributed by atoms with Crippen LogP contribution in [0.5, 0.6) is 0 Å². The van der Waals surface area contributed by atoms with Gasteiger partial charge in [0, 0.05) is 43.3 Å². The summed E-state index contributed by atoms with van der Waals surface area (Å²) in [5, 5.41) is 7.05. The van der Waals surface area contributed by atoms with Crippen molar-refractivity contribution in [2.24, 2.45) is 11.3 Å². The maximum atomic E-state index is 12.8. The van der Waals surface area contributed by atoms with Gasteiger partial charge >= 0.3 is 0 Å². The zero-order chi connectivity index (χ0) is 21.3. The van der Waals surface area contributed by atoms with Crippen LogP contribution in [0.1, 0.15) is 40.2 Å². The average molecular weight is 428 g/mol. The maximum absolute atomic E-state index is 12.8. The first-order valence-electron chi connectivity index (χ1n) is 9.71. The molecule has 2 N–H and O–H groups in total. The van der Waals surface area contributed by atoms with Gasteiger partial charge < -0.3 is 15.4 Å². The molecule has 0 radical (unpaired) electrons. The Balaban J connectivity index is 2.17. The van der Waals surface area contributed by atoms with Crippen LogP contribution in [-0.2, 0) is 14.8 Å². The highest BCUT2D eigenvalue weighted by Crippen LogP contribution is 2.46. The number of rotatable bonds is 7. The van der Waals surface area contributed by atoms with Crippen molar-refractivity contribution in [1.29, 1.82) is 0 Å². The Morgan fingerprint density at radius 3 is 2.39 bits per heavy atom. The van der Waals surface area contributed by atoms with Gasteiger partial charge in [-0.25, -0.2) is 8.42 Å². The molecule has 0 amide bonds. The second kappa shape index (κ2) is 8.65. The van der Waals surface area contributed by atoms with E-state index in [9.17, 15) is 8.42 Å². The Morgan fingerprint density at radius 1 is 1.29 bits per heavy atom. The number of sulfonamides is 1. The fraction of sp³-hybridized carbons (Fsp3) is 0.650. The summed E-state index contributed by atoms with van der Waals surface area (Å²) in [6.45, 7) is 12.9. The molecular weight excluding hydrogens is 394 g/mol. The standard InChI is InChI=1S/C20H33N3O3S2/c1-8-23(9-2)28(24,25)15-11-10-13(3)16(12-15)21-19(27)22-17-14(4)18(26-7)20(17,5)6/h10-12,14,17-18H,8-9H2,1-7H3,(H2,21,22,27). The van der Waals surface area contributed by atoms with Gasteiger partial charge in [-0.15, -0.1) is 0 Å². The summed E-state index contributed by atoms with van der Waals surface area (Å²) in [6.07, 6.45) is 0.178. The minimum absolute atomic E-state index is 0.0388. The molecule has 6 nitrogen and oxygen atoms in total. The molecule has 2 rings (SSSR count). The summed E-state index contributed by atoms with van der Waals surface area (Å²) in [7, 11) is -1.78. The largest absolute Gasteiger partial charge is 0.380 e. The lowest BCUT2D eigenvalue weighted by molar-refractivity contribution is -0.139. The number of anilines is 1. The summed E-state index contributed by atoms with van der Waals surface area (Å²) >= 11 is 5.51. The molecule has 1 fully saturated rings. The van der Waals surface area contributed by atoms with E-state index in [1.54, 1.807) is 25.3 Å². The van der Waals surface area contributed by atoms with E-state index < -0.39 is 10.0 Å². The molecule has 0 bridgehead atoms. The molecule has 0 aliphatic heterocycles. The molecule has 8 heteroatoms. The number of thiocarbonyl (C=S) groups is 1. The third-order valence-electron chi connectivity index (χ3n) is 5.88. The molecule has 1 aromatic carbocycles. The van der Waals surface area contributed by atoms with E-state index in [2.05, 4.69) is 31.4 Å². The molecule has 1 aromatic rings. The summed E-state index contributed by atoms with van der Waals surface area (Å²) in [5.74, 6) is 0.329. The van der Waals surface area contributed by atoms with E-state index in [0.717, 1.165) is 5.56 Å². The highest BCUT2D eigenvalue weighted by Gasteiger charge is 2.54. The third-order valence-corrected chi connectivity index (χ3v) is 8.14. The van der Waals surface area contributed by atoms with Crippen LogP contribution >= 0.6 is 12.2 Å². The predicted molar refractivity (Wildman–Crippen MR) is 118 cm³/mol. The Morgan fingerprint density at radius 2 is 1.89 bits per heavy atom. The lowest BCUT2D eigenvalue weighted by atomic mass is 9.58. The van der Waals surface area contributed by atoms with Gasteiger partial charge in [-0.1, -0.05) is 40.7 Å². The quantitative estimate of drug-likeness (QED) is 0.650. The molecule has 0 heterocycles. The van der Waals surface area contributed by atoms with E-state index in [-0.39, 0.29) is 22.5 Å². The number of aryl methyl sites for hydroxylation is 1. The van der Waals surface area contributed by atoms with Gasteiger partial charge in [-0.3, -0.25) is 0 Å². The topological polar surface area (TPSA) is 70.7 Å². The highest BCUT2D eigenvalue weighted by atomic mass is 32.2. The van der Waals surface area contributed by atoms with Crippen molar-refractivity contribution >= 4 is 33.0 Å². The van der Waals surface area contributed by atoms with Crippen LogP contribution in [0.15, 0.2) is 23.1 Å². The number of ether oxygens (including phenoxy) is 1. The maximum Gasteiger partial charge on any atom is 0.243 e. The van der Waals surface area contributed by atoms with Crippen LogP contribution in [0, 0.1) is 18.3 Å². The van der Waals surface area contributed by atoms with Crippen LogP contribution in [0.3, 0.4) is 0 Å². The Kier molecular flexibility index (Phi) is 7.12. The van der Waals surface area contributed by atoms with Gasteiger partial charge in [-0.2, -0.15) is 4.31 Å². The van der Waals surface area contributed by atoms with E-state index in [4.69, 9.17) is 17.0 Å². The second-order valence-electron chi connectivity index (χ2n) is 7.98. The van der Waals surface area contributed by atoms with Crippen molar-refractivity contribution in [2.45, 2.75) is 58.6 Å². The monoisotopic (exact) mass is 427 g/mol. The molecule has 158 valence electrons. The van der Waals surface area contributed by atoms with Crippen molar-refractivity contribution < 1.29 is 13.2 Å². The number of benzene rings is 1. The first-order chi connectivity index (χ1) is 13.0. The van der Waals surface area contributed by atoms with Gasteiger partial charge in [0.2, 0.25) is 10.0 Å². The zero-order valence-electron chi connectivity index (χ0n) is 17.9. The molecule has 0 aromatic heterocycles. The molecule has 28 heavy (non-hydrogen) atoms. The van der Waals surface area contributed by atoms with Gasteiger partial charge in [0.1, 0.15) is 0 Å². The summed E-state index contributed by atoms with van der Waals surface area (Å²) in [4.78, 5) is 0.267. The summed E-state index contributed by atoms with van der Waals surface area (Å²) in [6, 6.07) is 5.29. The molecule has 1 aliphatic rings. The Hall–Kier alpha value is -1.22. The van der Waals surface area contributed by atoms with Crippen molar-refractivity contribution in [3.63, 3.8) is 0 Å². The molecule has 1 saturated carbocycles. The van der Waals surface area contributed by atoms with Gasteiger partial charge in [-0.05, 0) is 36.8 Å². The third kappa shape index (κ3) is 4.20. The molecule has 3 atom stereocenters. The number of nitrogens with zero attached hydrogens (tertiary/aromatic N) is 1. The number of hydrogen-bond acceptors (Lipinski definition) is 4. The van der Waals surface area contributed by atoms with Crippen molar-refractivity contribution in [1.82, 2.24) is 9.62 Å². The predicted octanol–water partition coefficient (Wildman–Crippen LogP) is 3.37. The van der Waals surface area contributed by atoms with Crippen molar-refractivity contribution in [2.75, 3.05) is 25.5 Å². The number of methoxy groups -OCH3 is 1. The average Bonchev–Trinajstić information content (AvgIpc) is 2.62. The summed E-state index contributed by atoms with van der Waals surface area (Å²) in [5.41, 5.74) is 1.58. The minimum atomic E-state index is -3.52. The smallest absolute Gasteiger partial charge is 0.243 e. The Labute approximate surface area is 175 Å². The van der Waals surface area contributed by atoms with Gasteiger partial charge in [0.25, 0.3) is 0 Å². The number of hydrogen-bond donors (Lipinski definition) is 2. The van der Waals surface area contributed by atoms with Crippen molar-refractivity contribution in [3.8, 4) is 0 Å². The zero-order valence-corrected chi connectivity index (χ0v) is 19.5. The fourth-order valence-electron chi connectivity index (χ4n) is 4.33.